The molecule has 6 nitrogen and oxygen atoms in total. The zero-order chi connectivity index (χ0) is 19.0. The molecule has 27 heavy (non-hydrogen) atoms. The molecule has 2 heterocycles. The Morgan fingerprint density at radius 3 is 2.78 bits per heavy atom. The highest BCUT2D eigenvalue weighted by atomic mass is 16.3. The number of phenols is 1. The van der Waals surface area contributed by atoms with Crippen LogP contribution >= 0.6 is 0 Å². The van der Waals surface area contributed by atoms with Crippen LogP contribution in [0.1, 0.15) is 50.2 Å². The van der Waals surface area contributed by atoms with Crippen LogP contribution in [-0.4, -0.2) is 57.1 Å². The van der Waals surface area contributed by atoms with Gasteiger partial charge in [-0.05, 0) is 68.5 Å². The number of piperidine rings is 1. The molecule has 1 saturated carbocycles. The first-order chi connectivity index (χ1) is 12.8. The van der Waals surface area contributed by atoms with Crippen LogP contribution in [0.3, 0.4) is 0 Å². The number of benzene rings is 1. The fraction of sp³-hybridized carbons (Fsp3) is 0.619. The SMILES string of the molecule is CCN1CC[C@]23C[C@]4(CC[C@@]2(O)[C@H]1Cc1ccc(O)cc13)NC(=O)CC4=O. The Morgan fingerprint density at radius 1 is 1.26 bits per heavy atom. The van der Waals surface area contributed by atoms with Gasteiger partial charge >= 0.3 is 0 Å². The molecule has 2 aliphatic carbocycles. The number of nitrogens with zero attached hydrogens (tertiary/aromatic N) is 1. The van der Waals surface area contributed by atoms with E-state index < -0.39 is 16.6 Å². The Hall–Kier alpha value is -1.92. The molecular formula is C21H26N2O4. The molecule has 5 rings (SSSR count). The molecule has 144 valence electrons. The van der Waals surface area contributed by atoms with Crippen LogP contribution in [0.2, 0.25) is 0 Å². The molecule has 1 aromatic rings. The molecule has 0 radical (unpaired) electrons. The van der Waals surface area contributed by atoms with Gasteiger partial charge in [-0.2, -0.15) is 0 Å². The van der Waals surface area contributed by atoms with Crippen molar-refractivity contribution in [3.05, 3.63) is 29.3 Å². The van der Waals surface area contributed by atoms with Crippen molar-refractivity contribution >= 4 is 11.7 Å². The predicted molar refractivity (Wildman–Crippen MR) is 98.4 cm³/mol. The van der Waals surface area contributed by atoms with E-state index in [0.29, 0.717) is 19.3 Å². The molecule has 4 atom stereocenters. The first kappa shape index (κ1) is 17.2. The minimum absolute atomic E-state index is 0.00199. The Kier molecular flexibility index (Phi) is 3.39. The third kappa shape index (κ3) is 2.03. The second-order valence-electron chi connectivity index (χ2n) is 8.85. The minimum atomic E-state index is -0.957. The second kappa shape index (κ2) is 5.32. The third-order valence-corrected chi connectivity index (χ3v) is 7.85. The summed E-state index contributed by atoms with van der Waals surface area (Å²) in [5, 5.41) is 25.2. The van der Waals surface area contributed by atoms with Gasteiger partial charge in [0.1, 0.15) is 11.3 Å². The highest BCUT2D eigenvalue weighted by molar-refractivity contribution is 6.10. The fourth-order valence-corrected chi connectivity index (χ4v) is 6.56. The predicted octanol–water partition coefficient (Wildman–Crippen LogP) is 1.02. The zero-order valence-electron chi connectivity index (χ0n) is 15.6. The van der Waals surface area contributed by atoms with Crippen LogP contribution in [0.25, 0.3) is 0 Å². The number of rotatable bonds is 1. The van der Waals surface area contributed by atoms with E-state index in [1.54, 1.807) is 12.1 Å². The normalized spacial score (nSPS) is 40.6. The van der Waals surface area contributed by atoms with Crippen LogP contribution in [-0.2, 0) is 21.4 Å². The van der Waals surface area contributed by atoms with Gasteiger partial charge in [0.15, 0.2) is 5.78 Å². The van der Waals surface area contributed by atoms with Crippen molar-refractivity contribution in [1.29, 1.82) is 0 Å². The van der Waals surface area contributed by atoms with Gasteiger partial charge < -0.3 is 15.5 Å². The van der Waals surface area contributed by atoms with Gasteiger partial charge in [-0.1, -0.05) is 13.0 Å². The number of aliphatic hydroxyl groups is 1. The number of phenolic OH excluding ortho intramolecular Hbond substituents is 1. The number of fused-ring (bicyclic) bond motifs is 1. The molecule has 1 spiro atoms. The number of carbonyl (C=O) groups is 2. The Balaban J connectivity index is 1.71. The van der Waals surface area contributed by atoms with E-state index in [9.17, 15) is 19.8 Å². The van der Waals surface area contributed by atoms with Crippen molar-refractivity contribution in [2.24, 2.45) is 0 Å². The Labute approximate surface area is 158 Å². The largest absolute Gasteiger partial charge is 0.508 e. The van der Waals surface area contributed by atoms with E-state index in [2.05, 4.69) is 17.1 Å². The molecule has 1 aromatic carbocycles. The summed E-state index contributed by atoms with van der Waals surface area (Å²) < 4.78 is 0. The van der Waals surface area contributed by atoms with E-state index in [0.717, 1.165) is 37.1 Å². The lowest BCUT2D eigenvalue weighted by molar-refractivity contribution is -0.179. The van der Waals surface area contributed by atoms with Gasteiger partial charge in [-0.15, -0.1) is 0 Å². The number of aromatic hydroxyl groups is 1. The summed E-state index contributed by atoms with van der Waals surface area (Å²) in [6, 6.07) is 5.43. The van der Waals surface area contributed by atoms with Gasteiger partial charge in [0.05, 0.1) is 12.0 Å². The number of Topliss-reactive ketones (excluding diaryl/α,β-unsaturated/α-hetero) is 1. The van der Waals surface area contributed by atoms with Gasteiger partial charge in [0.25, 0.3) is 0 Å². The molecule has 3 fully saturated rings. The third-order valence-electron chi connectivity index (χ3n) is 7.85. The van der Waals surface area contributed by atoms with Crippen LogP contribution < -0.4 is 5.32 Å². The lowest BCUT2D eigenvalue weighted by atomic mass is 9.46. The molecule has 2 saturated heterocycles. The topological polar surface area (TPSA) is 89.9 Å². The summed E-state index contributed by atoms with van der Waals surface area (Å²) in [6.45, 7) is 3.84. The molecule has 2 aliphatic heterocycles. The van der Waals surface area contributed by atoms with Gasteiger partial charge in [-0.3, -0.25) is 14.5 Å². The van der Waals surface area contributed by atoms with E-state index in [1.807, 2.05) is 6.07 Å². The van der Waals surface area contributed by atoms with Crippen LogP contribution in [0, 0.1) is 0 Å². The van der Waals surface area contributed by atoms with Crippen LogP contribution in [0.4, 0.5) is 0 Å². The lowest BCUT2D eigenvalue weighted by Gasteiger charge is -2.66. The minimum Gasteiger partial charge on any atom is -0.508 e. The molecular weight excluding hydrogens is 344 g/mol. The molecule has 0 unspecified atom stereocenters. The zero-order valence-corrected chi connectivity index (χ0v) is 15.6. The number of ketones is 1. The first-order valence-electron chi connectivity index (χ1n) is 9.97. The highest BCUT2D eigenvalue weighted by Crippen LogP contribution is 2.61. The fourth-order valence-electron chi connectivity index (χ4n) is 6.56. The average molecular weight is 370 g/mol. The van der Waals surface area contributed by atoms with E-state index in [4.69, 9.17) is 0 Å². The van der Waals surface area contributed by atoms with Crippen molar-refractivity contribution in [1.82, 2.24) is 10.2 Å². The maximum absolute atomic E-state index is 12.8. The average Bonchev–Trinajstić information content (AvgIpc) is 2.89. The number of hydrogen-bond acceptors (Lipinski definition) is 5. The molecule has 0 aromatic heterocycles. The number of carbonyl (C=O) groups excluding carboxylic acids is 2. The van der Waals surface area contributed by atoms with E-state index in [1.165, 1.54) is 0 Å². The summed E-state index contributed by atoms with van der Waals surface area (Å²) in [4.78, 5) is 27.1. The maximum atomic E-state index is 12.8. The maximum Gasteiger partial charge on any atom is 0.228 e. The van der Waals surface area contributed by atoms with Crippen LogP contribution in [0.5, 0.6) is 5.75 Å². The molecule has 4 aliphatic rings. The summed E-state index contributed by atoms with van der Waals surface area (Å²) >= 11 is 0. The van der Waals surface area contributed by atoms with Crippen molar-refractivity contribution in [2.75, 3.05) is 13.1 Å². The summed E-state index contributed by atoms with van der Waals surface area (Å²) in [6.07, 6.45) is 2.79. The number of amides is 1. The quantitative estimate of drug-likeness (QED) is 0.643. The van der Waals surface area contributed by atoms with Gasteiger partial charge in [0.2, 0.25) is 5.91 Å². The molecule has 3 N–H and O–H groups in total. The lowest BCUT2D eigenvalue weighted by Crippen LogP contribution is -2.76. The Morgan fingerprint density at radius 2 is 2.07 bits per heavy atom. The van der Waals surface area contributed by atoms with Crippen molar-refractivity contribution in [3.8, 4) is 5.75 Å². The summed E-state index contributed by atoms with van der Waals surface area (Å²) in [7, 11) is 0. The van der Waals surface area contributed by atoms with Crippen LogP contribution in [0.15, 0.2) is 18.2 Å². The molecule has 2 bridgehead atoms. The van der Waals surface area contributed by atoms with Gasteiger partial charge in [0, 0.05) is 11.5 Å². The smallest absolute Gasteiger partial charge is 0.228 e. The number of likely N-dealkylation sites (tertiary alicyclic amines) is 1. The van der Waals surface area contributed by atoms with Crippen molar-refractivity contribution < 1.29 is 19.8 Å². The monoisotopic (exact) mass is 370 g/mol. The first-order valence-corrected chi connectivity index (χ1v) is 9.97. The molecule has 1 amide bonds. The van der Waals surface area contributed by atoms with E-state index in [-0.39, 0.29) is 29.9 Å². The number of hydrogen-bond donors (Lipinski definition) is 3. The van der Waals surface area contributed by atoms with Crippen molar-refractivity contribution in [3.63, 3.8) is 0 Å². The Bertz CT molecular complexity index is 855. The number of likely N-dealkylation sites (N-methyl/N-ethyl adjacent to an activating group) is 1. The van der Waals surface area contributed by atoms with E-state index >= 15 is 0 Å². The van der Waals surface area contributed by atoms with Gasteiger partial charge in [-0.25, -0.2) is 0 Å². The highest BCUT2D eigenvalue weighted by Gasteiger charge is 2.68. The second-order valence-corrected chi connectivity index (χ2v) is 8.85. The summed E-state index contributed by atoms with van der Waals surface area (Å²) in [5.74, 6) is -0.0785. The summed E-state index contributed by atoms with van der Waals surface area (Å²) in [5.41, 5.74) is -0.357. The number of nitrogens with one attached hydrogen (secondary N) is 1. The van der Waals surface area contributed by atoms with Crippen molar-refractivity contribution in [2.45, 2.75) is 68.0 Å². The molecule has 6 heteroatoms. The standard InChI is InChI=1S/C21H26N2O4/c1-2-23-8-7-19-12-20(17(25)11-18(26)22-20)5-6-21(19,27)16(23)9-13-3-4-14(24)10-15(13)19/h3-4,10,16,24,27H,2,5-9,11-12H2,1H3,(H,22,26)/t16-,19-,20+,21-/m1/s1.